The third-order valence-electron chi connectivity index (χ3n) is 9.80. The summed E-state index contributed by atoms with van der Waals surface area (Å²) < 4.78 is 45.0. The Labute approximate surface area is 333 Å². The van der Waals surface area contributed by atoms with Gasteiger partial charge in [-0.2, -0.15) is 0 Å². The quantitative estimate of drug-likeness (QED) is 0.103. The minimum Gasteiger partial charge on any atom is -0.453 e. The Balaban J connectivity index is 1.67. The number of carbonyl (C=O) groups is 4. The molecule has 3 aromatic rings. The van der Waals surface area contributed by atoms with Crippen molar-refractivity contribution in [2.75, 3.05) is 43.7 Å². The maximum absolute atomic E-state index is 15.2. The number of ketones is 1. The van der Waals surface area contributed by atoms with E-state index < -0.39 is 49.3 Å². The lowest BCUT2D eigenvalue weighted by atomic mass is 9.86. The van der Waals surface area contributed by atoms with Gasteiger partial charge in [0.25, 0.3) is 0 Å². The molecule has 1 aromatic heterocycles. The maximum atomic E-state index is 15.2. The number of carbonyl (C=O) groups excluding carboxylic acids is 4. The summed E-state index contributed by atoms with van der Waals surface area (Å²) >= 11 is 9.31. The van der Waals surface area contributed by atoms with Crippen LogP contribution in [0.1, 0.15) is 92.6 Å². The third kappa shape index (κ3) is 10.2. The zero-order chi connectivity index (χ0) is 39.9. The Hall–Kier alpha value is -3.68. The van der Waals surface area contributed by atoms with Crippen LogP contribution in [0.15, 0.2) is 40.9 Å². The van der Waals surface area contributed by atoms with Gasteiger partial charge < -0.3 is 24.0 Å². The van der Waals surface area contributed by atoms with Crippen LogP contribution in [0, 0.1) is 11.7 Å². The van der Waals surface area contributed by atoms with Crippen LogP contribution >= 0.6 is 35.1 Å². The molecule has 0 saturated heterocycles. The second kappa shape index (κ2) is 19.0. The van der Waals surface area contributed by atoms with Crippen LogP contribution < -0.4 is 10.6 Å². The number of hydrogen-bond donors (Lipinski definition) is 2. The molecule has 3 amide bonds. The second-order valence-electron chi connectivity index (χ2n) is 13.5. The first-order valence-electron chi connectivity index (χ1n) is 18.5. The van der Waals surface area contributed by atoms with Gasteiger partial charge in [-0.05, 0) is 110 Å². The number of Topliss-reactive ketones (excluding diaryl/α,β-unsaturated/α-hetero) is 1. The van der Waals surface area contributed by atoms with E-state index in [2.05, 4.69) is 26.6 Å². The Morgan fingerprint density at radius 1 is 1.05 bits per heavy atom. The first-order valence-corrected chi connectivity index (χ1v) is 21.4. The van der Waals surface area contributed by atoms with E-state index in [-0.39, 0.29) is 47.1 Å². The topological polar surface area (TPSA) is 153 Å². The van der Waals surface area contributed by atoms with Crippen LogP contribution in [-0.2, 0) is 40.8 Å². The lowest BCUT2D eigenvalue weighted by molar-refractivity contribution is -0.131. The highest BCUT2D eigenvalue weighted by atomic mass is 79.9. The molecular weight excluding hydrogens is 818 g/mol. The van der Waals surface area contributed by atoms with Gasteiger partial charge in [0.15, 0.2) is 11.6 Å². The van der Waals surface area contributed by atoms with Crippen molar-refractivity contribution in [3.8, 4) is 11.1 Å². The fourth-order valence-corrected chi connectivity index (χ4v) is 9.34. The molecule has 0 unspecified atom stereocenters. The summed E-state index contributed by atoms with van der Waals surface area (Å²) in [6, 6.07) is 9.22. The molecule has 0 radical (unpaired) electrons. The van der Waals surface area contributed by atoms with Crippen molar-refractivity contribution >= 4 is 70.2 Å². The molecule has 2 heterocycles. The van der Waals surface area contributed by atoms with Crippen LogP contribution in [0.25, 0.3) is 11.1 Å². The molecule has 1 aliphatic carbocycles. The monoisotopic (exact) mass is 862 g/mol. The largest absolute Gasteiger partial charge is 0.453 e. The summed E-state index contributed by atoms with van der Waals surface area (Å²) in [6.07, 6.45) is 2.97. The van der Waals surface area contributed by atoms with E-state index in [0.29, 0.717) is 48.3 Å². The molecule has 55 heavy (non-hydrogen) atoms. The molecular formula is C39H46BrClFN4O8P. The van der Waals surface area contributed by atoms with Crippen molar-refractivity contribution in [1.82, 2.24) is 9.88 Å². The highest BCUT2D eigenvalue weighted by molar-refractivity contribution is 9.10. The molecule has 1 aliphatic heterocycles. The third-order valence-corrected chi connectivity index (χ3v) is 12.7. The lowest BCUT2D eigenvalue weighted by Gasteiger charge is -2.34. The number of halogens is 3. The standard InChI is InChI=1S/C39H46BrClFN4O8P/c1-5-53-55(51,54-6-2)22-35(48)46(19-18-34(47)36-28(40)16-17-29(41)37(36)42)33-13-9-10-23(3)38(49)45-31-20-24(43-39(50)52-4)14-15-26(31)27-21-32(33)44-30-12-8-7-11-25(27)30/h14-17,20-21,23,33H,5-13,18-19,22H2,1-4H3,(H,43,50)(H,45,49)/t23-,33+/m1/s1. The number of fused-ring (bicyclic) bond motifs is 6. The highest BCUT2D eigenvalue weighted by Crippen LogP contribution is 2.49. The number of rotatable bonds is 12. The molecule has 2 aliphatic rings. The van der Waals surface area contributed by atoms with Crippen LogP contribution in [0.5, 0.6) is 0 Å². The summed E-state index contributed by atoms with van der Waals surface area (Å²) in [7, 11) is -2.64. The SMILES string of the molecule is CCOP(=O)(CC(=O)N(CCC(=O)c1c(Br)ccc(Cl)c1F)[C@H]1CCC[C@@H](C)C(=O)Nc2cc(NC(=O)OC)ccc2-c2cc1nc1c2CCCC1)OCC. The summed E-state index contributed by atoms with van der Waals surface area (Å²) in [6.45, 7) is 5.02. The van der Waals surface area contributed by atoms with E-state index >= 15 is 4.39 Å². The smallest absolute Gasteiger partial charge is 0.411 e. The Bertz CT molecular complexity index is 1990. The number of methoxy groups -OCH3 is 1. The predicted octanol–water partition coefficient (Wildman–Crippen LogP) is 9.53. The van der Waals surface area contributed by atoms with Gasteiger partial charge in [0.2, 0.25) is 11.8 Å². The molecule has 0 fully saturated rings. The van der Waals surface area contributed by atoms with Crippen LogP contribution in [-0.4, -0.2) is 66.6 Å². The van der Waals surface area contributed by atoms with E-state index in [1.54, 1.807) is 26.0 Å². The summed E-state index contributed by atoms with van der Waals surface area (Å²) in [5, 5.41) is 5.53. The number of anilines is 2. The van der Waals surface area contributed by atoms with Gasteiger partial charge in [0.1, 0.15) is 6.16 Å². The zero-order valence-corrected chi connectivity index (χ0v) is 34.6. The molecule has 2 atom stereocenters. The molecule has 0 saturated carbocycles. The maximum Gasteiger partial charge on any atom is 0.411 e. The molecule has 2 bridgehead atoms. The fourth-order valence-electron chi connectivity index (χ4n) is 7.10. The first kappa shape index (κ1) is 42.5. The number of benzene rings is 2. The first-order chi connectivity index (χ1) is 26.3. The van der Waals surface area contributed by atoms with Gasteiger partial charge >= 0.3 is 13.7 Å². The van der Waals surface area contributed by atoms with Crippen LogP contribution in [0.2, 0.25) is 5.02 Å². The van der Waals surface area contributed by atoms with E-state index in [4.69, 9.17) is 30.4 Å². The van der Waals surface area contributed by atoms with Crippen molar-refractivity contribution in [1.29, 1.82) is 0 Å². The van der Waals surface area contributed by atoms with Gasteiger partial charge in [-0.15, -0.1) is 0 Å². The van der Waals surface area contributed by atoms with Crippen molar-refractivity contribution < 1.29 is 41.9 Å². The average Bonchev–Trinajstić information content (AvgIpc) is 3.15. The highest BCUT2D eigenvalue weighted by Gasteiger charge is 2.36. The summed E-state index contributed by atoms with van der Waals surface area (Å²) in [5.41, 5.74) is 4.58. The Morgan fingerprint density at radius 2 is 1.78 bits per heavy atom. The second-order valence-corrected chi connectivity index (χ2v) is 16.8. The van der Waals surface area contributed by atoms with Gasteiger partial charge in [0, 0.05) is 40.3 Å². The average molecular weight is 864 g/mol. The molecule has 12 nitrogen and oxygen atoms in total. The number of pyridine rings is 1. The number of aromatic nitrogens is 1. The molecule has 296 valence electrons. The Morgan fingerprint density at radius 3 is 2.49 bits per heavy atom. The number of aryl methyl sites for hydroxylation is 1. The van der Waals surface area contributed by atoms with Crippen molar-refractivity contribution in [2.45, 2.75) is 78.2 Å². The molecule has 2 N–H and O–H groups in total. The van der Waals surface area contributed by atoms with Gasteiger partial charge in [0.05, 0.1) is 48.3 Å². The number of hydrogen-bond acceptors (Lipinski definition) is 9. The van der Waals surface area contributed by atoms with E-state index in [9.17, 15) is 23.7 Å². The predicted molar refractivity (Wildman–Crippen MR) is 212 cm³/mol. The Kier molecular flexibility index (Phi) is 14.6. The molecule has 5 rings (SSSR count). The van der Waals surface area contributed by atoms with Crippen molar-refractivity contribution in [3.05, 3.63) is 74.2 Å². The molecule has 0 spiro atoms. The number of amides is 3. The van der Waals surface area contributed by atoms with E-state index in [1.807, 2.05) is 19.1 Å². The summed E-state index contributed by atoms with van der Waals surface area (Å²) in [5.74, 6) is -2.73. The van der Waals surface area contributed by atoms with Gasteiger partial charge in [-0.1, -0.05) is 31.0 Å². The van der Waals surface area contributed by atoms with Gasteiger partial charge in [-0.3, -0.25) is 29.2 Å². The molecule has 2 aromatic carbocycles. The van der Waals surface area contributed by atoms with Crippen molar-refractivity contribution in [3.63, 3.8) is 0 Å². The fraction of sp³-hybridized carbons (Fsp3) is 0.462. The summed E-state index contributed by atoms with van der Waals surface area (Å²) in [4.78, 5) is 60.6. The number of ether oxygens (including phenoxy) is 1. The zero-order valence-electron chi connectivity index (χ0n) is 31.3. The minimum atomic E-state index is -3.90. The lowest BCUT2D eigenvalue weighted by Crippen LogP contribution is -2.39. The number of nitrogens with zero attached hydrogens (tertiary/aromatic N) is 2. The van der Waals surface area contributed by atoms with Gasteiger partial charge in [-0.25, -0.2) is 9.18 Å². The molecule has 16 heteroatoms. The van der Waals surface area contributed by atoms with Crippen LogP contribution in [0.4, 0.5) is 20.6 Å². The number of nitrogens with one attached hydrogen (secondary N) is 2. The van der Waals surface area contributed by atoms with E-state index in [0.717, 1.165) is 36.1 Å². The van der Waals surface area contributed by atoms with E-state index in [1.165, 1.54) is 24.1 Å². The normalized spacial score (nSPS) is 17.1. The van der Waals surface area contributed by atoms with Crippen molar-refractivity contribution in [2.24, 2.45) is 5.92 Å². The minimum absolute atomic E-state index is 0.0422. The van der Waals surface area contributed by atoms with Crippen LogP contribution in [0.3, 0.4) is 0 Å².